The van der Waals surface area contributed by atoms with Crippen LogP contribution in [-0.2, 0) is 9.84 Å². The zero-order chi connectivity index (χ0) is 10.6. The van der Waals surface area contributed by atoms with Crippen LogP contribution in [0.25, 0.3) is 0 Å². The van der Waals surface area contributed by atoms with Crippen LogP contribution in [0.5, 0.6) is 0 Å². The second-order valence-electron chi connectivity index (χ2n) is 4.00. The molecule has 1 aliphatic heterocycles. The molecule has 0 aromatic carbocycles. The van der Waals surface area contributed by atoms with Crippen molar-refractivity contribution in [2.75, 3.05) is 39.5 Å². The molecule has 0 aromatic rings. The van der Waals surface area contributed by atoms with Crippen LogP contribution in [-0.4, -0.2) is 58.1 Å². The maximum Gasteiger partial charge on any atom is 0.155 e. The van der Waals surface area contributed by atoms with Gasteiger partial charge in [-0.1, -0.05) is 0 Å². The molecule has 1 rings (SSSR count). The average Bonchev–Trinajstić information content (AvgIpc) is 2.15. The second-order valence-corrected chi connectivity index (χ2v) is 6.40. The summed E-state index contributed by atoms with van der Waals surface area (Å²) >= 11 is 0. The molecule has 1 saturated heterocycles. The number of piperidine rings is 1. The van der Waals surface area contributed by atoms with Crippen molar-refractivity contribution in [1.29, 1.82) is 0 Å². The van der Waals surface area contributed by atoms with E-state index in [2.05, 4.69) is 10.2 Å². The Bertz CT molecular complexity index is 264. The third-order valence-corrected chi connectivity index (χ3v) is 4.90. The van der Waals surface area contributed by atoms with Gasteiger partial charge in [-0.05, 0) is 33.5 Å². The lowest BCUT2D eigenvalue weighted by atomic mass is 10.1. The SMILES string of the molecule is CNCCS(=O)(=O)C1CCCN(C)C1. The maximum atomic E-state index is 11.8. The minimum atomic E-state index is -2.88. The summed E-state index contributed by atoms with van der Waals surface area (Å²) in [4.78, 5) is 2.10. The third-order valence-electron chi connectivity index (χ3n) is 2.73. The van der Waals surface area contributed by atoms with Gasteiger partial charge in [0.1, 0.15) is 0 Å². The van der Waals surface area contributed by atoms with Gasteiger partial charge in [0.15, 0.2) is 9.84 Å². The molecule has 1 atom stereocenters. The molecule has 0 bridgehead atoms. The van der Waals surface area contributed by atoms with Crippen molar-refractivity contribution in [2.45, 2.75) is 18.1 Å². The fraction of sp³-hybridized carbons (Fsp3) is 1.00. The van der Waals surface area contributed by atoms with Gasteiger partial charge in [0.2, 0.25) is 0 Å². The zero-order valence-electron chi connectivity index (χ0n) is 8.99. The van der Waals surface area contributed by atoms with Crippen molar-refractivity contribution < 1.29 is 8.42 Å². The van der Waals surface area contributed by atoms with E-state index in [1.807, 2.05) is 7.05 Å². The van der Waals surface area contributed by atoms with Crippen LogP contribution >= 0.6 is 0 Å². The predicted octanol–water partition coefficient (Wildman–Crippen LogP) is -0.285. The topological polar surface area (TPSA) is 49.4 Å². The summed E-state index contributed by atoms with van der Waals surface area (Å²) < 4.78 is 23.6. The average molecular weight is 220 g/mol. The van der Waals surface area contributed by atoms with Crippen LogP contribution < -0.4 is 5.32 Å². The van der Waals surface area contributed by atoms with Gasteiger partial charge in [-0.2, -0.15) is 0 Å². The molecule has 1 heterocycles. The van der Waals surface area contributed by atoms with Gasteiger partial charge in [0, 0.05) is 13.1 Å². The molecule has 0 radical (unpaired) electrons. The number of hydrogen-bond acceptors (Lipinski definition) is 4. The lowest BCUT2D eigenvalue weighted by Gasteiger charge is -2.29. The van der Waals surface area contributed by atoms with Crippen molar-refractivity contribution in [3.05, 3.63) is 0 Å². The highest BCUT2D eigenvalue weighted by atomic mass is 32.2. The summed E-state index contributed by atoms with van der Waals surface area (Å²) in [5.41, 5.74) is 0. The highest BCUT2D eigenvalue weighted by Gasteiger charge is 2.28. The molecule has 14 heavy (non-hydrogen) atoms. The van der Waals surface area contributed by atoms with Gasteiger partial charge in [-0.3, -0.25) is 0 Å². The van der Waals surface area contributed by atoms with E-state index in [0.717, 1.165) is 19.4 Å². The van der Waals surface area contributed by atoms with E-state index in [0.29, 0.717) is 13.1 Å². The number of sulfone groups is 1. The molecular weight excluding hydrogens is 200 g/mol. The molecule has 1 N–H and O–H groups in total. The Morgan fingerprint density at radius 2 is 2.21 bits per heavy atom. The monoisotopic (exact) mass is 220 g/mol. The predicted molar refractivity (Wildman–Crippen MR) is 58.2 cm³/mol. The zero-order valence-corrected chi connectivity index (χ0v) is 9.81. The molecule has 5 heteroatoms. The van der Waals surface area contributed by atoms with Crippen molar-refractivity contribution in [3.8, 4) is 0 Å². The molecule has 0 amide bonds. The van der Waals surface area contributed by atoms with E-state index < -0.39 is 9.84 Å². The first-order valence-electron chi connectivity index (χ1n) is 5.11. The quantitative estimate of drug-likeness (QED) is 0.707. The Kier molecular flexibility index (Phi) is 4.34. The van der Waals surface area contributed by atoms with Gasteiger partial charge in [-0.15, -0.1) is 0 Å². The smallest absolute Gasteiger partial charge is 0.155 e. The molecule has 1 unspecified atom stereocenters. The largest absolute Gasteiger partial charge is 0.319 e. The van der Waals surface area contributed by atoms with Crippen molar-refractivity contribution in [3.63, 3.8) is 0 Å². The summed E-state index contributed by atoms with van der Waals surface area (Å²) in [6, 6.07) is 0. The molecular formula is C9H20N2O2S. The highest BCUT2D eigenvalue weighted by molar-refractivity contribution is 7.92. The minimum absolute atomic E-state index is 0.144. The van der Waals surface area contributed by atoms with E-state index in [-0.39, 0.29) is 11.0 Å². The van der Waals surface area contributed by atoms with Crippen LogP contribution in [0.15, 0.2) is 0 Å². The second kappa shape index (κ2) is 5.09. The molecule has 1 aliphatic rings. The van der Waals surface area contributed by atoms with E-state index >= 15 is 0 Å². The first-order chi connectivity index (χ1) is 6.56. The maximum absolute atomic E-state index is 11.8. The molecule has 1 fully saturated rings. The Hall–Kier alpha value is -0.130. The lowest BCUT2D eigenvalue weighted by molar-refractivity contribution is 0.278. The summed E-state index contributed by atoms with van der Waals surface area (Å²) in [5, 5.41) is 2.74. The van der Waals surface area contributed by atoms with Gasteiger partial charge >= 0.3 is 0 Å². The Balaban J connectivity index is 2.53. The molecule has 0 aliphatic carbocycles. The van der Waals surface area contributed by atoms with E-state index in [1.54, 1.807) is 7.05 Å². The van der Waals surface area contributed by atoms with Gasteiger partial charge in [0.05, 0.1) is 11.0 Å². The van der Waals surface area contributed by atoms with Crippen LogP contribution in [0, 0.1) is 0 Å². The highest BCUT2D eigenvalue weighted by Crippen LogP contribution is 2.16. The normalized spacial score (nSPS) is 25.1. The number of nitrogens with zero attached hydrogens (tertiary/aromatic N) is 1. The van der Waals surface area contributed by atoms with Crippen molar-refractivity contribution in [2.24, 2.45) is 0 Å². The van der Waals surface area contributed by atoms with Crippen LogP contribution in [0.1, 0.15) is 12.8 Å². The van der Waals surface area contributed by atoms with Crippen molar-refractivity contribution >= 4 is 9.84 Å². The van der Waals surface area contributed by atoms with Crippen LogP contribution in [0.3, 0.4) is 0 Å². The summed E-state index contributed by atoms with van der Waals surface area (Å²) in [5.74, 6) is 0.266. The lowest BCUT2D eigenvalue weighted by Crippen LogP contribution is -2.42. The first-order valence-corrected chi connectivity index (χ1v) is 6.82. The Morgan fingerprint density at radius 3 is 2.79 bits per heavy atom. The number of likely N-dealkylation sites (tertiary alicyclic amines) is 1. The minimum Gasteiger partial charge on any atom is -0.319 e. The summed E-state index contributed by atoms with van der Waals surface area (Å²) in [7, 11) is 0.884. The fourth-order valence-electron chi connectivity index (χ4n) is 1.82. The number of rotatable bonds is 4. The summed E-state index contributed by atoms with van der Waals surface area (Å²) in [6.45, 7) is 2.28. The third kappa shape index (κ3) is 3.22. The molecule has 0 aromatic heterocycles. The Labute approximate surface area is 86.6 Å². The molecule has 0 saturated carbocycles. The molecule has 0 spiro atoms. The van der Waals surface area contributed by atoms with Gasteiger partial charge in [0.25, 0.3) is 0 Å². The fourth-order valence-corrected chi connectivity index (χ4v) is 3.65. The Morgan fingerprint density at radius 1 is 1.50 bits per heavy atom. The summed E-state index contributed by atoms with van der Waals surface area (Å²) in [6.07, 6.45) is 1.83. The number of hydrogen-bond donors (Lipinski definition) is 1. The van der Waals surface area contributed by atoms with E-state index in [9.17, 15) is 8.42 Å². The van der Waals surface area contributed by atoms with E-state index in [4.69, 9.17) is 0 Å². The standard InChI is InChI=1S/C9H20N2O2S/c1-10-5-7-14(12,13)9-4-3-6-11(2)8-9/h9-10H,3-8H2,1-2H3. The van der Waals surface area contributed by atoms with Gasteiger partial charge < -0.3 is 10.2 Å². The van der Waals surface area contributed by atoms with Crippen molar-refractivity contribution in [1.82, 2.24) is 10.2 Å². The van der Waals surface area contributed by atoms with Crippen LogP contribution in [0.2, 0.25) is 0 Å². The number of nitrogens with one attached hydrogen (secondary N) is 1. The van der Waals surface area contributed by atoms with Crippen LogP contribution in [0.4, 0.5) is 0 Å². The van der Waals surface area contributed by atoms with E-state index in [1.165, 1.54) is 0 Å². The first kappa shape index (κ1) is 11.9. The van der Waals surface area contributed by atoms with Gasteiger partial charge in [-0.25, -0.2) is 8.42 Å². The molecule has 84 valence electrons. The molecule has 4 nitrogen and oxygen atoms in total.